The van der Waals surface area contributed by atoms with Gasteiger partial charge in [-0.3, -0.25) is 0 Å². The zero-order valence-corrected chi connectivity index (χ0v) is 19.1. The molecule has 0 spiro atoms. The molecule has 0 saturated carbocycles. The Morgan fingerprint density at radius 2 is 1.90 bits per heavy atom. The number of halogens is 2. The van der Waals surface area contributed by atoms with Crippen molar-refractivity contribution in [2.75, 3.05) is 13.1 Å². The van der Waals surface area contributed by atoms with E-state index in [0.29, 0.717) is 12.2 Å². The lowest BCUT2D eigenvalue weighted by atomic mass is 10.1. The molecule has 2 N–H and O–H groups in total. The van der Waals surface area contributed by atoms with E-state index < -0.39 is 0 Å². The number of nitrogens with one attached hydrogen (secondary N) is 2. The Morgan fingerprint density at radius 1 is 1.10 bits per heavy atom. The zero-order chi connectivity index (χ0) is 19.8. The average molecular weight is 507 g/mol. The molecule has 154 valence electrons. The molecule has 5 nitrogen and oxygen atoms in total. The van der Waals surface area contributed by atoms with E-state index >= 15 is 0 Å². The standard InChI is InChI=1S/C22H26FN5.HI/c1-3-24-22(26-12-11-18-7-5-4-6-8-18)27-16-19-9-10-21(20(23)15-19)28-14-13-25-17(28)2;/h4-10,13-15H,3,11-12,16H2,1-2H3,(H2,24,26,27);1H. The first-order valence-corrected chi connectivity index (χ1v) is 9.52. The summed E-state index contributed by atoms with van der Waals surface area (Å²) in [5.74, 6) is 1.20. The normalized spacial score (nSPS) is 11.1. The van der Waals surface area contributed by atoms with Gasteiger partial charge in [0, 0.05) is 25.5 Å². The number of aromatic nitrogens is 2. The van der Waals surface area contributed by atoms with Gasteiger partial charge in [-0.25, -0.2) is 14.4 Å². The number of benzene rings is 2. The second-order valence-corrected chi connectivity index (χ2v) is 6.49. The Morgan fingerprint density at radius 3 is 2.55 bits per heavy atom. The van der Waals surface area contributed by atoms with Gasteiger partial charge < -0.3 is 15.2 Å². The predicted octanol–water partition coefficient (Wildman–Crippen LogP) is 4.24. The Labute approximate surface area is 188 Å². The molecule has 0 amide bonds. The molecule has 2 aromatic carbocycles. The van der Waals surface area contributed by atoms with Gasteiger partial charge in [0.15, 0.2) is 5.96 Å². The summed E-state index contributed by atoms with van der Waals surface area (Å²) in [5, 5.41) is 6.56. The lowest BCUT2D eigenvalue weighted by molar-refractivity contribution is 0.614. The molecule has 3 rings (SSSR count). The molecule has 0 unspecified atom stereocenters. The van der Waals surface area contributed by atoms with E-state index in [1.165, 1.54) is 11.6 Å². The van der Waals surface area contributed by atoms with Crippen molar-refractivity contribution in [3.63, 3.8) is 0 Å². The number of guanidine groups is 1. The largest absolute Gasteiger partial charge is 0.357 e. The zero-order valence-electron chi connectivity index (χ0n) is 16.7. The summed E-state index contributed by atoms with van der Waals surface area (Å²) in [4.78, 5) is 8.72. The third-order valence-electron chi connectivity index (χ3n) is 4.41. The Balaban J connectivity index is 0.00000300. The second kappa shape index (κ2) is 11.5. The monoisotopic (exact) mass is 507 g/mol. The van der Waals surface area contributed by atoms with Gasteiger partial charge in [-0.2, -0.15) is 0 Å². The smallest absolute Gasteiger partial charge is 0.191 e. The van der Waals surface area contributed by atoms with Crippen LogP contribution >= 0.6 is 24.0 Å². The SMILES string of the molecule is CCNC(=NCc1ccc(-n2ccnc2C)c(F)c1)NCCc1ccccc1.I. The van der Waals surface area contributed by atoms with E-state index in [4.69, 9.17) is 0 Å². The first kappa shape index (κ1) is 22.9. The van der Waals surface area contributed by atoms with E-state index in [2.05, 4.69) is 32.7 Å². The summed E-state index contributed by atoms with van der Waals surface area (Å²) in [7, 11) is 0. The van der Waals surface area contributed by atoms with Gasteiger partial charge in [0.05, 0.1) is 12.2 Å². The first-order valence-electron chi connectivity index (χ1n) is 9.52. The number of imidazole rings is 1. The molecule has 0 saturated heterocycles. The molecule has 1 heterocycles. The topological polar surface area (TPSA) is 54.2 Å². The minimum Gasteiger partial charge on any atom is -0.357 e. The summed E-state index contributed by atoms with van der Waals surface area (Å²) in [6.07, 6.45) is 4.33. The van der Waals surface area contributed by atoms with Gasteiger partial charge in [-0.05, 0) is 43.5 Å². The van der Waals surface area contributed by atoms with Crippen molar-refractivity contribution in [1.82, 2.24) is 20.2 Å². The highest BCUT2D eigenvalue weighted by Crippen LogP contribution is 2.17. The molecule has 29 heavy (non-hydrogen) atoms. The summed E-state index contributed by atoms with van der Waals surface area (Å²) in [6.45, 7) is 5.83. The molecule has 0 atom stereocenters. The highest BCUT2D eigenvalue weighted by Gasteiger charge is 2.08. The maximum atomic E-state index is 14.5. The number of aryl methyl sites for hydroxylation is 1. The van der Waals surface area contributed by atoms with Crippen molar-refractivity contribution < 1.29 is 4.39 Å². The van der Waals surface area contributed by atoms with Crippen LogP contribution in [0.15, 0.2) is 65.9 Å². The van der Waals surface area contributed by atoms with Gasteiger partial charge in [0.25, 0.3) is 0 Å². The van der Waals surface area contributed by atoms with Crippen molar-refractivity contribution in [1.29, 1.82) is 0 Å². The number of nitrogens with zero attached hydrogens (tertiary/aromatic N) is 3. The van der Waals surface area contributed by atoms with Crippen LogP contribution < -0.4 is 10.6 Å². The molecule has 0 aliphatic carbocycles. The minimum atomic E-state index is -0.282. The first-order chi connectivity index (χ1) is 13.7. The van der Waals surface area contributed by atoms with Gasteiger partial charge in [0.2, 0.25) is 0 Å². The highest BCUT2D eigenvalue weighted by atomic mass is 127. The van der Waals surface area contributed by atoms with Crippen LogP contribution in [0, 0.1) is 12.7 Å². The highest BCUT2D eigenvalue weighted by molar-refractivity contribution is 14.0. The fourth-order valence-corrected chi connectivity index (χ4v) is 2.96. The fourth-order valence-electron chi connectivity index (χ4n) is 2.96. The third kappa shape index (κ3) is 6.56. The molecule has 0 aliphatic rings. The average Bonchev–Trinajstić information content (AvgIpc) is 3.12. The quantitative estimate of drug-likeness (QED) is 0.286. The van der Waals surface area contributed by atoms with Gasteiger partial charge in [-0.15, -0.1) is 24.0 Å². The van der Waals surface area contributed by atoms with Crippen molar-refractivity contribution >= 4 is 29.9 Å². The van der Waals surface area contributed by atoms with Gasteiger partial charge in [-0.1, -0.05) is 36.4 Å². The van der Waals surface area contributed by atoms with E-state index in [9.17, 15) is 4.39 Å². The molecule has 0 radical (unpaired) electrons. The maximum absolute atomic E-state index is 14.5. The van der Waals surface area contributed by atoms with Crippen molar-refractivity contribution in [3.8, 4) is 5.69 Å². The van der Waals surface area contributed by atoms with Crippen molar-refractivity contribution in [2.45, 2.75) is 26.8 Å². The van der Waals surface area contributed by atoms with Crippen molar-refractivity contribution in [2.24, 2.45) is 4.99 Å². The lowest BCUT2D eigenvalue weighted by Gasteiger charge is -2.12. The van der Waals surface area contributed by atoms with Crippen molar-refractivity contribution in [3.05, 3.63) is 83.7 Å². The van der Waals surface area contributed by atoms with Gasteiger partial charge >= 0.3 is 0 Å². The van der Waals surface area contributed by atoms with Crippen LogP contribution in [0.2, 0.25) is 0 Å². The van der Waals surface area contributed by atoms with Crippen LogP contribution in [0.1, 0.15) is 23.9 Å². The molecule has 0 fully saturated rings. The van der Waals surface area contributed by atoms with Crippen LogP contribution in [-0.2, 0) is 13.0 Å². The molecular weight excluding hydrogens is 480 g/mol. The molecule has 3 aromatic rings. The number of hydrogen-bond donors (Lipinski definition) is 2. The van der Waals surface area contributed by atoms with E-state index in [1.807, 2.05) is 38.1 Å². The predicted molar refractivity (Wildman–Crippen MR) is 127 cm³/mol. The van der Waals surface area contributed by atoms with E-state index in [1.54, 1.807) is 23.0 Å². The van der Waals surface area contributed by atoms with Crippen LogP contribution in [0.4, 0.5) is 4.39 Å². The van der Waals surface area contributed by atoms with Crippen LogP contribution in [0.3, 0.4) is 0 Å². The molecule has 0 bridgehead atoms. The van der Waals surface area contributed by atoms with Crippen LogP contribution in [0.25, 0.3) is 5.69 Å². The number of aliphatic imine (C=N–C) groups is 1. The van der Waals surface area contributed by atoms with E-state index in [-0.39, 0.29) is 29.8 Å². The Hall–Kier alpha value is -2.42. The Bertz CT molecular complexity index is 924. The molecule has 7 heteroatoms. The maximum Gasteiger partial charge on any atom is 0.191 e. The van der Waals surface area contributed by atoms with Crippen LogP contribution in [0.5, 0.6) is 0 Å². The lowest BCUT2D eigenvalue weighted by Crippen LogP contribution is -2.38. The number of hydrogen-bond acceptors (Lipinski definition) is 2. The third-order valence-corrected chi connectivity index (χ3v) is 4.41. The summed E-state index contributed by atoms with van der Waals surface area (Å²) < 4.78 is 16.3. The summed E-state index contributed by atoms with van der Waals surface area (Å²) in [5.41, 5.74) is 2.59. The summed E-state index contributed by atoms with van der Waals surface area (Å²) in [6, 6.07) is 15.5. The molecule has 1 aromatic heterocycles. The second-order valence-electron chi connectivity index (χ2n) is 6.49. The number of rotatable bonds is 7. The van der Waals surface area contributed by atoms with Gasteiger partial charge in [0.1, 0.15) is 11.6 Å². The van der Waals surface area contributed by atoms with Crippen LogP contribution in [-0.4, -0.2) is 28.6 Å². The molecule has 0 aliphatic heterocycles. The van der Waals surface area contributed by atoms with E-state index in [0.717, 1.165) is 36.9 Å². The Kier molecular flexibility index (Phi) is 9.11. The molecular formula is C22H27FIN5. The minimum absolute atomic E-state index is 0. The summed E-state index contributed by atoms with van der Waals surface area (Å²) >= 11 is 0. The fraction of sp³-hybridized carbons (Fsp3) is 0.273.